The molecule has 1 rings (SSSR count). The number of rotatable bonds is 50. The first-order valence-electron chi connectivity index (χ1n) is 30.8. The highest BCUT2D eigenvalue weighted by Gasteiger charge is 2.50. The molecule has 0 saturated carbocycles. The maximum atomic E-state index is 13.2. The van der Waals surface area contributed by atoms with Gasteiger partial charge in [0.15, 0.2) is 24.6 Å². The van der Waals surface area contributed by atoms with Crippen LogP contribution in [-0.2, 0) is 42.9 Å². The summed E-state index contributed by atoms with van der Waals surface area (Å²) in [7, 11) is 0. The minimum Gasteiger partial charge on any atom is -0.479 e. The average molecular weight is 1130 g/mol. The second-order valence-electron chi connectivity index (χ2n) is 20.2. The fraction of sp³-hybridized carbons (Fsp3) is 0.594. The van der Waals surface area contributed by atoms with Crippen molar-refractivity contribution < 1.29 is 58.2 Å². The molecule has 1 aliphatic rings. The fourth-order valence-electron chi connectivity index (χ4n) is 8.30. The van der Waals surface area contributed by atoms with Gasteiger partial charge in [0.2, 0.25) is 0 Å². The highest BCUT2D eigenvalue weighted by atomic mass is 16.7. The van der Waals surface area contributed by atoms with E-state index in [0.717, 1.165) is 148 Å². The zero-order valence-electron chi connectivity index (χ0n) is 50.0. The molecule has 0 aliphatic carbocycles. The van der Waals surface area contributed by atoms with Gasteiger partial charge in [-0.25, -0.2) is 4.79 Å². The summed E-state index contributed by atoms with van der Waals surface area (Å²) in [6, 6.07) is 0. The number of carbonyl (C=O) groups is 4. The third-order valence-corrected chi connectivity index (χ3v) is 12.9. The van der Waals surface area contributed by atoms with E-state index < -0.39 is 67.3 Å². The van der Waals surface area contributed by atoms with Gasteiger partial charge in [0.05, 0.1) is 6.61 Å². The van der Waals surface area contributed by atoms with Crippen LogP contribution >= 0.6 is 0 Å². The van der Waals surface area contributed by atoms with Gasteiger partial charge in [0, 0.05) is 19.3 Å². The van der Waals surface area contributed by atoms with Crippen molar-refractivity contribution in [3.63, 3.8) is 0 Å². The van der Waals surface area contributed by atoms with E-state index in [4.69, 9.17) is 23.7 Å². The highest BCUT2D eigenvalue weighted by Crippen LogP contribution is 2.26. The van der Waals surface area contributed by atoms with Gasteiger partial charge in [-0.05, 0) is 122 Å². The molecule has 12 heteroatoms. The van der Waals surface area contributed by atoms with Crippen molar-refractivity contribution >= 4 is 23.9 Å². The molecule has 0 aromatic rings. The molecule has 6 unspecified atom stereocenters. The van der Waals surface area contributed by atoms with Crippen LogP contribution in [0.1, 0.15) is 213 Å². The second kappa shape index (κ2) is 55.2. The van der Waals surface area contributed by atoms with E-state index in [1.54, 1.807) is 0 Å². The predicted octanol–water partition coefficient (Wildman–Crippen LogP) is 16.3. The molecule has 3 N–H and O–H groups in total. The summed E-state index contributed by atoms with van der Waals surface area (Å²) in [5.74, 6) is -3.28. The number of aliphatic hydroxyl groups is 2. The van der Waals surface area contributed by atoms with Gasteiger partial charge < -0.3 is 39.0 Å². The molecule has 1 saturated heterocycles. The number of aliphatic carboxylic acids is 1. The number of carbonyl (C=O) groups excluding carboxylic acids is 3. The van der Waals surface area contributed by atoms with E-state index >= 15 is 0 Å². The van der Waals surface area contributed by atoms with Gasteiger partial charge in [-0.2, -0.15) is 0 Å². The molecule has 1 heterocycles. The lowest BCUT2D eigenvalue weighted by molar-refractivity contribution is -0.301. The normalized spacial score (nSPS) is 18.8. The van der Waals surface area contributed by atoms with Gasteiger partial charge in [-0.1, -0.05) is 218 Å². The molecule has 12 nitrogen and oxygen atoms in total. The van der Waals surface area contributed by atoms with E-state index in [-0.39, 0.29) is 25.9 Å². The number of carboxylic acid groups (broad SMARTS) is 1. The van der Waals surface area contributed by atoms with Crippen LogP contribution in [-0.4, -0.2) is 89.2 Å². The van der Waals surface area contributed by atoms with Crippen LogP contribution in [0.4, 0.5) is 0 Å². The number of esters is 3. The third-order valence-electron chi connectivity index (χ3n) is 12.9. The molecule has 0 radical (unpaired) electrons. The van der Waals surface area contributed by atoms with E-state index in [0.29, 0.717) is 25.7 Å². The molecule has 1 fully saturated rings. The average Bonchev–Trinajstić information content (AvgIpc) is 3.46. The summed E-state index contributed by atoms with van der Waals surface area (Å²) in [4.78, 5) is 51.2. The SMILES string of the molecule is CC/C=C\C/C=C\C/C=C\C/C=C\CCCCCCCCC(=O)OCC(COC1OC(C(=O)O)C(O)C(O)C1OC(=O)CC/C=C\C/C=C\C/C=C\C/C=C\CC)OC(=O)CCCCCCCC/C=C\C/C=C\C/C=C\C/C=C\CC. The van der Waals surface area contributed by atoms with Crippen molar-refractivity contribution in [3.8, 4) is 0 Å². The minimum absolute atomic E-state index is 0.0719. The van der Waals surface area contributed by atoms with Crippen LogP contribution in [0.5, 0.6) is 0 Å². The molecule has 0 aromatic heterocycles. The van der Waals surface area contributed by atoms with Crippen molar-refractivity contribution in [2.45, 2.75) is 250 Å². The van der Waals surface area contributed by atoms with E-state index in [1.165, 1.54) is 0 Å². The molecule has 81 heavy (non-hydrogen) atoms. The first kappa shape index (κ1) is 73.6. The van der Waals surface area contributed by atoms with E-state index in [9.17, 15) is 34.5 Å². The number of allylic oxidation sites excluding steroid dienone is 24. The molecule has 454 valence electrons. The van der Waals surface area contributed by atoms with Crippen molar-refractivity contribution in [1.82, 2.24) is 0 Å². The third kappa shape index (κ3) is 44.9. The number of unbranched alkanes of at least 4 members (excludes halogenated alkanes) is 12. The second-order valence-corrected chi connectivity index (χ2v) is 20.2. The predicted molar refractivity (Wildman–Crippen MR) is 330 cm³/mol. The lowest BCUT2D eigenvalue weighted by Gasteiger charge is -2.40. The fourth-order valence-corrected chi connectivity index (χ4v) is 8.30. The van der Waals surface area contributed by atoms with Crippen LogP contribution in [0.15, 0.2) is 146 Å². The number of carboxylic acids is 1. The van der Waals surface area contributed by atoms with Crippen molar-refractivity contribution in [2.75, 3.05) is 13.2 Å². The summed E-state index contributed by atoms with van der Waals surface area (Å²) >= 11 is 0. The van der Waals surface area contributed by atoms with Crippen molar-refractivity contribution in [2.24, 2.45) is 0 Å². The largest absolute Gasteiger partial charge is 0.479 e. The molecule has 0 aromatic carbocycles. The maximum absolute atomic E-state index is 13.2. The van der Waals surface area contributed by atoms with Gasteiger partial charge in [0.1, 0.15) is 18.8 Å². The highest BCUT2D eigenvalue weighted by molar-refractivity contribution is 5.74. The van der Waals surface area contributed by atoms with Gasteiger partial charge in [0.25, 0.3) is 0 Å². The first-order chi connectivity index (χ1) is 39.6. The van der Waals surface area contributed by atoms with E-state index in [1.807, 2.05) is 18.2 Å². The van der Waals surface area contributed by atoms with Crippen LogP contribution in [0.2, 0.25) is 0 Å². The van der Waals surface area contributed by atoms with Crippen molar-refractivity contribution in [3.05, 3.63) is 146 Å². The summed E-state index contributed by atoms with van der Waals surface area (Å²) in [5, 5.41) is 31.5. The Morgan fingerprint density at radius 3 is 1.17 bits per heavy atom. The smallest absolute Gasteiger partial charge is 0.335 e. The van der Waals surface area contributed by atoms with Crippen LogP contribution in [0.25, 0.3) is 0 Å². The molecule has 0 bridgehead atoms. The number of hydrogen-bond acceptors (Lipinski definition) is 11. The zero-order chi connectivity index (χ0) is 58.9. The van der Waals surface area contributed by atoms with Gasteiger partial charge in [-0.3, -0.25) is 14.4 Å². The summed E-state index contributed by atoms with van der Waals surface area (Å²) in [6.07, 6.45) is 66.8. The van der Waals surface area contributed by atoms with Crippen molar-refractivity contribution in [1.29, 1.82) is 0 Å². The lowest BCUT2D eigenvalue weighted by atomic mass is 9.98. The Balaban J connectivity index is 2.73. The number of aliphatic hydroxyl groups excluding tert-OH is 2. The Morgan fingerprint density at radius 2 is 0.765 bits per heavy atom. The molecule has 0 amide bonds. The summed E-state index contributed by atoms with van der Waals surface area (Å²) in [5.41, 5.74) is 0. The van der Waals surface area contributed by atoms with Crippen LogP contribution in [0, 0.1) is 0 Å². The first-order valence-corrected chi connectivity index (χ1v) is 30.8. The Hall–Kier alpha value is -5.40. The van der Waals surface area contributed by atoms with E-state index in [2.05, 4.69) is 148 Å². The minimum atomic E-state index is -1.94. The monoisotopic (exact) mass is 1130 g/mol. The Labute approximate surface area is 489 Å². The Morgan fingerprint density at radius 1 is 0.407 bits per heavy atom. The quantitative estimate of drug-likeness (QED) is 0.0228. The number of hydrogen-bond donors (Lipinski definition) is 3. The Bertz CT molecular complexity index is 1960. The van der Waals surface area contributed by atoms with Gasteiger partial charge >= 0.3 is 23.9 Å². The molecule has 0 spiro atoms. The molecule has 6 atom stereocenters. The molecular weight excluding hydrogens is 1020 g/mol. The summed E-state index contributed by atoms with van der Waals surface area (Å²) < 4.78 is 28.4. The lowest BCUT2D eigenvalue weighted by Crippen LogP contribution is -2.61. The number of ether oxygens (including phenoxy) is 5. The topological polar surface area (TPSA) is 175 Å². The van der Waals surface area contributed by atoms with Crippen LogP contribution in [0.3, 0.4) is 0 Å². The molecule has 1 aliphatic heterocycles. The maximum Gasteiger partial charge on any atom is 0.335 e. The standard InChI is InChI=1S/C69H106O12/c1-4-7-10-13-16-19-22-25-27-29-31-33-35-38-40-43-46-49-52-55-61(70)77-58-60(79-62(71)56-53-50-47-44-42-39-36-34-32-30-28-26-23-20-17-14-11-8-5-2)59-78-69-67(65(74)64(73)66(81-69)68(75)76)80-63(72)57-54-51-48-45-41-37-24-21-18-15-12-9-6-3/h7-12,16-21,25-28,31-34,37,41,48,51,60,64-67,69,73-74H,4-6,13-15,22-24,29-30,35-36,38-40,42-47,49-50,52-59H2,1-3H3,(H,75,76)/b10-7-,11-8-,12-9-,19-16-,20-17-,21-18-,27-25-,28-26-,33-31-,34-32-,41-37-,51-48-. The summed E-state index contributed by atoms with van der Waals surface area (Å²) in [6.45, 7) is 5.58. The van der Waals surface area contributed by atoms with Gasteiger partial charge in [-0.15, -0.1) is 0 Å². The van der Waals surface area contributed by atoms with Crippen LogP contribution < -0.4 is 0 Å². The zero-order valence-corrected chi connectivity index (χ0v) is 50.0. The Kier molecular flexibility index (Phi) is 50.1. The molecular formula is C69H106O12.